The third kappa shape index (κ3) is 4.18. The van der Waals surface area contributed by atoms with Gasteiger partial charge in [0.25, 0.3) is 0 Å². The van der Waals surface area contributed by atoms with Gasteiger partial charge in [0.05, 0.1) is 17.7 Å². The molecule has 0 bridgehead atoms. The largest absolute Gasteiger partial charge is 0.495 e. The average molecular weight is 362 g/mol. The number of carbonyl (C=O) groups excluding carboxylic acids is 1. The molecule has 0 aliphatic rings. The summed E-state index contributed by atoms with van der Waals surface area (Å²) < 4.78 is 32.4. The number of methoxy groups -OCH3 is 1. The summed E-state index contributed by atoms with van der Waals surface area (Å²) in [6.07, 6.45) is 0. The molecular formula is C18H22N2O4S. The van der Waals surface area contributed by atoms with Crippen LogP contribution in [0.25, 0.3) is 0 Å². The quantitative estimate of drug-likeness (QED) is 0.857. The Morgan fingerprint density at radius 1 is 1.16 bits per heavy atom. The number of carbonyl (C=O) groups is 1. The zero-order valence-electron chi connectivity index (χ0n) is 14.7. The molecule has 0 aliphatic heterocycles. The molecule has 6 nitrogen and oxygen atoms in total. The normalized spacial score (nSPS) is 12.7. The van der Waals surface area contributed by atoms with Crippen LogP contribution in [0.5, 0.6) is 5.75 Å². The zero-order valence-corrected chi connectivity index (χ0v) is 15.5. The smallest absolute Gasteiger partial charge is 0.243 e. The van der Waals surface area contributed by atoms with E-state index in [0.29, 0.717) is 11.4 Å². The van der Waals surface area contributed by atoms with E-state index in [0.717, 1.165) is 5.56 Å². The van der Waals surface area contributed by atoms with Crippen molar-refractivity contribution < 1.29 is 17.9 Å². The summed E-state index contributed by atoms with van der Waals surface area (Å²) in [4.78, 5) is 11.4. The van der Waals surface area contributed by atoms with Crippen LogP contribution in [0.15, 0.2) is 53.4 Å². The summed E-state index contributed by atoms with van der Waals surface area (Å²) >= 11 is 0. The fraction of sp³-hybridized carbons (Fsp3) is 0.278. The van der Waals surface area contributed by atoms with Gasteiger partial charge in [0.1, 0.15) is 5.75 Å². The first-order valence-corrected chi connectivity index (χ1v) is 9.20. The van der Waals surface area contributed by atoms with Crippen molar-refractivity contribution in [2.24, 2.45) is 0 Å². The molecule has 134 valence electrons. The van der Waals surface area contributed by atoms with Crippen molar-refractivity contribution in [1.29, 1.82) is 0 Å². The third-order valence-corrected chi connectivity index (χ3v) is 5.91. The summed E-state index contributed by atoms with van der Waals surface area (Å²) in [5.41, 5.74) is 1.21. The number of nitrogens with zero attached hydrogens (tertiary/aromatic N) is 1. The average Bonchev–Trinajstić information content (AvgIpc) is 2.60. The molecule has 0 radical (unpaired) electrons. The van der Waals surface area contributed by atoms with E-state index in [1.54, 1.807) is 0 Å². The van der Waals surface area contributed by atoms with E-state index in [2.05, 4.69) is 5.32 Å². The van der Waals surface area contributed by atoms with Crippen LogP contribution in [0.3, 0.4) is 0 Å². The molecule has 2 rings (SSSR count). The van der Waals surface area contributed by atoms with Crippen molar-refractivity contribution in [3.05, 3.63) is 54.1 Å². The van der Waals surface area contributed by atoms with E-state index in [-0.39, 0.29) is 16.8 Å². The molecule has 1 unspecified atom stereocenters. The van der Waals surface area contributed by atoms with Gasteiger partial charge in [-0.05, 0) is 30.7 Å². The first-order valence-electron chi connectivity index (χ1n) is 7.76. The van der Waals surface area contributed by atoms with E-state index in [1.165, 1.54) is 43.6 Å². The van der Waals surface area contributed by atoms with E-state index >= 15 is 0 Å². The highest BCUT2D eigenvalue weighted by Crippen LogP contribution is 2.31. The van der Waals surface area contributed by atoms with Crippen LogP contribution in [0, 0.1) is 0 Å². The number of ether oxygens (including phenoxy) is 1. The van der Waals surface area contributed by atoms with E-state index in [4.69, 9.17) is 4.74 Å². The van der Waals surface area contributed by atoms with Gasteiger partial charge < -0.3 is 10.1 Å². The van der Waals surface area contributed by atoms with Gasteiger partial charge in [-0.2, -0.15) is 4.31 Å². The van der Waals surface area contributed by atoms with Crippen LogP contribution in [-0.2, 0) is 14.8 Å². The van der Waals surface area contributed by atoms with Crippen LogP contribution >= 0.6 is 0 Å². The van der Waals surface area contributed by atoms with Gasteiger partial charge in [0.2, 0.25) is 15.9 Å². The number of hydrogen-bond donors (Lipinski definition) is 1. The Balaban J connectivity index is 2.40. The topological polar surface area (TPSA) is 75.7 Å². The van der Waals surface area contributed by atoms with Crippen molar-refractivity contribution in [2.45, 2.75) is 24.8 Å². The molecule has 1 atom stereocenters. The number of sulfonamides is 1. The van der Waals surface area contributed by atoms with Gasteiger partial charge in [-0.1, -0.05) is 30.3 Å². The Kier molecular flexibility index (Phi) is 5.81. The lowest BCUT2D eigenvalue weighted by Gasteiger charge is -2.25. The SMILES string of the molecule is COc1ccc(S(=O)(=O)N(C)C(C)c2ccccc2)cc1NC(C)=O. The van der Waals surface area contributed by atoms with Crippen LogP contribution < -0.4 is 10.1 Å². The molecule has 7 heteroatoms. The Morgan fingerprint density at radius 3 is 2.36 bits per heavy atom. The monoisotopic (exact) mass is 362 g/mol. The summed E-state index contributed by atoms with van der Waals surface area (Å²) in [5, 5.41) is 2.59. The number of hydrogen-bond acceptors (Lipinski definition) is 4. The van der Waals surface area contributed by atoms with E-state index < -0.39 is 10.0 Å². The van der Waals surface area contributed by atoms with Gasteiger partial charge >= 0.3 is 0 Å². The molecule has 1 N–H and O–H groups in total. The molecule has 2 aromatic carbocycles. The molecule has 0 saturated carbocycles. The molecule has 0 fully saturated rings. The van der Waals surface area contributed by atoms with Crippen molar-refractivity contribution >= 4 is 21.6 Å². The highest BCUT2D eigenvalue weighted by molar-refractivity contribution is 7.89. The van der Waals surface area contributed by atoms with Crippen LogP contribution in [0.4, 0.5) is 5.69 Å². The zero-order chi connectivity index (χ0) is 18.6. The second-order valence-corrected chi connectivity index (χ2v) is 7.65. The van der Waals surface area contributed by atoms with Crippen molar-refractivity contribution in [2.75, 3.05) is 19.5 Å². The Bertz CT molecular complexity index is 851. The van der Waals surface area contributed by atoms with Crippen molar-refractivity contribution in [3.63, 3.8) is 0 Å². The molecule has 2 aromatic rings. The fourth-order valence-corrected chi connectivity index (χ4v) is 3.83. The maximum absolute atomic E-state index is 13.0. The lowest BCUT2D eigenvalue weighted by atomic mass is 10.1. The number of benzene rings is 2. The summed E-state index contributed by atoms with van der Waals surface area (Å²) in [5.74, 6) is 0.0896. The van der Waals surface area contributed by atoms with Gasteiger partial charge in [-0.3, -0.25) is 4.79 Å². The van der Waals surface area contributed by atoms with Crippen LogP contribution in [0.2, 0.25) is 0 Å². The minimum atomic E-state index is -3.74. The van der Waals surface area contributed by atoms with E-state index in [9.17, 15) is 13.2 Å². The third-order valence-electron chi connectivity index (χ3n) is 3.99. The fourth-order valence-electron chi connectivity index (χ4n) is 2.45. The Morgan fingerprint density at radius 2 is 1.80 bits per heavy atom. The molecule has 0 aromatic heterocycles. The number of rotatable bonds is 6. The van der Waals surface area contributed by atoms with Crippen LogP contribution in [0.1, 0.15) is 25.5 Å². The molecule has 0 aliphatic carbocycles. The molecule has 25 heavy (non-hydrogen) atoms. The summed E-state index contributed by atoms with van der Waals surface area (Å²) in [6.45, 7) is 3.18. The maximum atomic E-state index is 13.0. The summed E-state index contributed by atoms with van der Waals surface area (Å²) in [6, 6.07) is 13.5. The number of nitrogens with one attached hydrogen (secondary N) is 1. The van der Waals surface area contributed by atoms with E-state index in [1.807, 2.05) is 37.3 Å². The number of amides is 1. The molecule has 0 saturated heterocycles. The Labute approximate surface area is 148 Å². The standard InChI is InChI=1S/C18H22N2O4S/c1-13(15-8-6-5-7-9-15)20(3)25(22,23)16-10-11-18(24-4)17(12-16)19-14(2)21/h5-13H,1-4H3,(H,19,21). The lowest BCUT2D eigenvalue weighted by Crippen LogP contribution is -2.30. The second-order valence-electron chi connectivity index (χ2n) is 5.65. The first kappa shape index (κ1) is 19.0. The van der Waals surface area contributed by atoms with Crippen molar-refractivity contribution in [1.82, 2.24) is 4.31 Å². The highest BCUT2D eigenvalue weighted by atomic mass is 32.2. The van der Waals surface area contributed by atoms with Crippen molar-refractivity contribution in [3.8, 4) is 5.75 Å². The van der Waals surface area contributed by atoms with Gasteiger partial charge in [0.15, 0.2) is 0 Å². The Hall–Kier alpha value is -2.38. The second kappa shape index (κ2) is 7.67. The predicted molar refractivity (Wildman–Crippen MR) is 97.1 cm³/mol. The first-order chi connectivity index (χ1) is 11.8. The maximum Gasteiger partial charge on any atom is 0.243 e. The molecule has 0 spiro atoms. The minimum absolute atomic E-state index is 0.0855. The van der Waals surface area contributed by atoms with Crippen LogP contribution in [-0.4, -0.2) is 32.8 Å². The number of anilines is 1. The molecule has 1 amide bonds. The van der Waals surface area contributed by atoms with Gasteiger partial charge in [-0.15, -0.1) is 0 Å². The minimum Gasteiger partial charge on any atom is -0.495 e. The summed E-state index contributed by atoms with van der Waals surface area (Å²) in [7, 11) is -0.749. The highest BCUT2D eigenvalue weighted by Gasteiger charge is 2.27. The van der Waals surface area contributed by atoms with Gasteiger partial charge in [0, 0.05) is 20.0 Å². The van der Waals surface area contributed by atoms with Gasteiger partial charge in [-0.25, -0.2) is 8.42 Å². The molecular weight excluding hydrogens is 340 g/mol. The predicted octanol–water partition coefficient (Wildman–Crippen LogP) is 3.04. The molecule has 0 heterocycles. The lowest BCUT2D eigenvalue weighted by molar-refractivity contribution is -0.114.